The number of rotatable bonds is 4. The molecule has 0 unspecified atom stereocenters. The van der Waals surface area contributed by atoms with E-state index < -0.39 is 0 Å². The first kappa shape index (κ1) is 14.4. The first-order valence-corrected chi connectivity index (χ1v) is 7.93. The molecule has 0 aromatic heterocycles. The van der Waals surface area contributed by atoms with E-state index in [4.69, 9.17) is 17.0 Å². The molecule has 1 aromatic carbocycles. The van der Waals surface area contributed by atoms with Gasteiger partial charge in [-0.15, -0.1) is 0 Å². The Balaban J connectivity index is 1.64. The van der Waals surface area contributed by atoms with Crippen molar-refractivity contribution in [3.05, 3.63) is 41.8 Å². The van der Waals surface area contributed by atoms with Gasteiger partial charge < -0.3 is 9.64 Å². The molecule has 0 amide bonds. The van der Waals surface area contributed by atoms with Crippen LogP contribution in [0.3, 0.4) is 0 Å². The molecular formula is C15H19NOS2. The second-order valence-corrected chi connectivity index (χ2v) is 5.97. The summed E-state index contributed by atoms with van der Waals surface area (Å²) in [6.07, 6.45) is 5.88. The number of nitrogens with zero attached hydrogens (tertiary/aromatic N) is 1. The molecule has 0 atom stereocenters. The summed E-state index contributed by atoms with van der Waals surface area (Å²) in [6, 6.07) is 9.84. The third-order valence-electron chi connectivity index (χ3n) is 2.97. The lowest BCUT2D eigenvalue weighted by molar-refractivity contribution is 0.352. The number of likely N-dealkylation sites (tertiary alicyclic amines) is 1. The molecule has 1 saturated heterocycles. The molecule has 1 aliphatic heterocycles. The summed E-state index contributed by atoms with van der Waals surface area (Å²) in [7, 11) is 0. The summed E-state index contributed by atoms with van der Waals surface area (Å²) < 4.78 is 6.56. The molecule has 0 spiro atoms. The predicted octanol–water partition coefficient (Wildman–Crippen LogP) is 4.08. The number of benzene rings is 1. The quantitative estimate of drug-likeness (QED) is 0.775. The maximum Gasteiger partial charge on any atom is 0.140 e. The molecule has 1 aliphatic rings. The van der Waals surface area contributed by atoms with Crippen LogP contribution in [0.1, 0.15) is 19.3 Å². The normalized spacial score (nSPS) is 15.7. The highest BCUT2D eigenvalue weighted by atomic mass is 32.2. The number of hydrogen-bond donors (Lipinski definition) is 0. The summed E-state index contributed by atoms with van der Waals surface area (Å²) >= 11 is 7.03. The van der Waals surface area contributed by atoms with Crippen LogP contribution in [0.5, 0.6) is 5.75 Å². The summed E-state index contributed by atoms with van der Waals surface area (Å²) in [6.45, 7) is 2.81. The predicted molar refractivity (Wildman–Crippen MR) is 86.7 cm³/mol. The van der Waals surface area contributed by atoms with Crippen LogP contribution >= 0.6 is 24.0 Å². The number of thioether (sulfide) groups is 1. The Labute approximate surface area is 124 Å². The first-order valence-electron chi connectivity index (χ1n) is 6.65. The Morgan fingerprint density at radius 2 is 1.95 bits per heavy atom. The Morgan fingerprint density at radius 3 is 2.68 bits per heavy atom. The molecule has 2 rings (SSSR count). The Hall–Kier alpha value is -1.00. The maximum absolute atomic E-state index is 5.58. The molecule has 0 saturated carbocycles. The maximum atomic E-state index is 5.58. The fourth-order valence-electron chi connectivity index (χ4n) is 1.96. The van der Waals surface area contributed by atoms with Crippen molar-refractivity contribution in [3.8, 4) is 5.75 Å². The lowest BCUT2D eigenvalue weighted by atomic mass is 10.1. The fraction of sp³-hybridized carbons (Fsp3) is 0.400. The summed E-state index contributed by atoms with van der Waals surface area (Å²) in [4.78, 5) is 2.30. The van der Waals surface area contributed by atoms with Crippen molar-refractivity contribution in [2.24, 2.45) is 0 Å². The van der Waals surface area contributed by atoms with Gasteiger partial charge in [-0.1, -0.05) is 42.2 Å². The summed E-state index contributed by atoms with van der Waals surface area (Å²) in [5.74, 6) is 0.899. The third-order valence-corrected chi connectivity index (χ3v) is 4.30. The molecule has 1 heterocycles. The lowest BCUT2D eigenvalue weighted by Crippen LogP contribution is -2.32. The molecule has 0 N–H and O–H groups in total. The van der Waals surface area contributed by atoms with Crippen LogP contribution in [0.15, 0.2) is 41.8 Å². The molecule has 102 valence electrons. The molecule has 1 aromatic rings. The van der Waals surface area contributed by atoms with E-state index in [1.54, 1.807) is 11.8 Å². The summed E-state index contributed by atoms with van der Waals surface area (Å²) in [5, 5.41) is 2.03. The molecule has 0 radical (unpaired) electrons. The van der Waals surface area contributed by atoms with Crippen LogP contribution in [0.4, 0.5) is 0 Å². The minimum absolute atomic E-state index is 0.583. The van der Waals surface area contributed by atoms with Crippen LogP contribution in [-0.4, -0.2) is 28.9 Å². The number of piperidine rings is 1. The van der Waals surface area contributed by atoms with E-state index in [1.165, 1.54) is 19.3 Å². The van der Waals surface area contributed by atoms with Crippen molar-refractivity contribution in [2.45, 2.75) is 19.3 Å². The Bertz CT molecular complexity index is 413. The molecule has 0 aliphatic carbocycles. The monoisotopic (exact) mass is 293 g/mol. The number of hydrogen-bond acceptors (Lipinski definition) is 3. The van der Waals surface area contributed by atoms with Gasteiger partial charge >= 0.3 is 0 Å². The van der Waals surface area contributed by atoms with Gasteiger partial charge in [0.25, 0.3) is 0 Å². The van der Waals surface area contributed by atoms with E-state index in [9.17, 15) is 0 Å². The average Bonchev–Trinajstić information content (AvgIpc) is 2.49. The zero-order chi connectivity index (χ0) is 13.3. The molecule has 4 heteroatoms. The first-order chi connectivity index (χ1) is 9.36. The number of ether oxygens (including phenoxy) is 1. The average molecular weight is 293 g/mol. The van der Waals surface area contributed by atoms with E-state index in [2.05, 4.69) is 4.90 Å². The fourth-order valence-corrected chi connectivity index (χ4v) is 2.93. The van der Waals surface area contributed by atoms with E-state index >= 15 is 0 Å². The van der Waals surface area contributed by atoms with Gasteiger partial charge in [-0.05, 0) is 42.9 Å². The smallest absolute Gasteiger partial charge is 0.140 e. The largest absolute Gasteiger partial charge is 0.490 e. The minimum Gasteiger partial charge on any atom is -0.490 e. The van der Waals surface area contributed by atoms with Gasteiger partial charge in [0.2, 0.25) is 0 Å². The van der Waals surface area contributed by atoms with Crippen molar-refractivity contribution in [1.82, 2.24) is 4.90 Å². The van der Waals surface area contributed by atoms with Gasteiger partial charge in [-0.2, -0.15) is 0 Å². The van der Waals surface area contributed by atoms with E-state index in [1.807, 2.05) is 41.8 Å². The van der Waals surface area contributed by atoms with Crippen molar-refractivity contribution in [1.29, 1.82) is 0 Å². The molecule has 19 heavy (non-hydrogen) atoms. The lowest BCUT2D eigenvalue weighted by Gasteiger charge is -2.27. The van der Waals surface area contributed by atoms with Crippen LogP contribution < -0.4 is 4.74 Å². The van der Waals surface area contributed by atoms with Crippen LogP contribution in [0, 0.1) is 0 Å². The van der Waals surface area contributed by atoms with Crippen molar-refractivity contribution >= 4 is 28.3 Å². The second kappa shape index (κ2) is 8.23. The van der Waals surface area contributed by atoms with E-state index in [0.29, 0.717) is 6.61 Å². The van der Waals surface area contributed by atoms with Crippen LogP contribution in [-0.2, 0) is 0 Å². The summed E-state index contributed by atoms with van der Waals surface area (Å²) in [5.41, 5.74) is 0. The highest BCUT2D eigenvalue weighted by Crippen LogP contribution is 2.17. The third kappa shape index (κ3) is 5.25. The highest BCUT2D eigenvalue weighted by Gasteiger charge is 2.12. The van der Waals surface area contributed by atoms with Crippen molar-refractivity contribution in [2.75, 3.05) is 19.7 Å². The van der Waals surface area contributed by atoms with Gasteiger partial charge in [0.1, 0.15) is 16.7 Å². The zero-order valence-corrected chi connectivity index (χ0v) is 12.6. The number of thiocarbonyl (C=S) groups is 1. The minimum atomic E-state index is 0.583. The zero-order valence-electron chi connectivity index (χ0n) is 11.0. The molecule has 2 nitrogen and oxygen atoms in total. The van der Waals surface area contributed by atoms with Gasteiger partial charge in [-0.25, -0.2) is 0 Å². The van der Waals surface area contributed by atoms with E-state index in [0.717, 1.165) is 23.2 Å². The van der Waals surface area contributed by atoms with E-state index in [-0.39, 0.29) is 0 Å². The SMILES string of the molecule is S=C(S/C=C\COc1ccccc1)N1CCCCC1. The van der Waals surface area contributed by atoms with Crippen LogP contribution in [0.25, 0.3) is 0 Å². The van der Waals surface area contributed by atoms with Gasteiger partial charge in [0.05, 0.1) is 0 Å². The Morgan fingerprint density at radius 1 is 1.21 bits per heavy atom. The topological polar surface area (TPSA) is 12.5 Å². The van der Waals surface area contributed by atoms with Crippen LogP contribution in [0.2, 0.25) is 0 Å². The van der Waals surface area contributed by atoms with Crippen molar-refractivity contribution < 1.29 is 4.74 Å². The highest BCUT2D eigenvalue weighted by molar-refractivity contribution is 8.24. The second-order valence-electron chi connectivity index (χ2n) is 4.43. The van der Waals surface area contributed by atoms with Gasteiger partial charge in [-0.3, -0.25) is 0 Å². The Kier molecular flexibility index (Phi) is 6.24. The number of para-hydroxylation sites is 1. The van der Waals surface area contributed by atoms with Gasteiger partial charge in [0.15, 0.2) is 0 Å². The van der Waals surface area contributed by atoms with Gasteiger partial charge in [0, 0.05) is 13.1 Å². The van der Waals surface area contributed by atoms with Crippen molar-refractivity contribution in [3.63, 3.8) is 0 Å². The molecular weight excluding hydrogens is 274 g/mol. The molecule has 0 bridgehead atoms. The standard InChI is InChI=1S/C15H19NOS2/c18-15(16-10-5-2-6-11-16)19-13-7-12-17-14-8-3-1-4-9-14/h1,3-4,7-9,13H,2,5-6,10-12H2/b13-7-. The molecule has 1 fully saturated rings.